The number of carboxylic acid groups (broad SMARTS) is 1. The molecular weight excluding hydrogens is 238 g/mol. The zero-order chi connectivity index (χ0) is 12.4. The van der Waals surface area contributed by atoms with Crippen LogP contribution in [-0.4, -0.2) is 16.1 Å². The van der Waals surface area contributed by atoms with Crippen LogP contribution in [0.1, 0.15) is 16.1 Å². The minimum absolute atomic E-state index is 0.0295. The second-order valence-electron chi connectivity index (χ2n) is 3.63. The number of carbonyl (C=O) groups is 1. The van der Waals surface area contributed by atoms with Crippen molar-refractivity contribution in [3.8, 4) is 11.3 Å². The van der Waals surface area contributed by atoms with Gasteiger partial charge in [-0.15, -0.1) is 0 Å². The maximum atomic E-state index is 10.8. The zero-order valence-electron chi connectivity index (χ0n) is 9.14. The van der Waals surface area contributed by atoms with Crippen molar-refractivity contribution in [2.45, 2.75) is 6.92 Å². The Morgan fingerprint density at radius 3 is 2.65 bits per heavy atom. The fourth-order valence-electron chi connectivity index (χ4n) is 1.59. The number of rotatable bonds is 2. The van der Waals surface area contributed by atoms with Crippen molar-refractivity contribution in [1.82, 2.24) is 4.98 Å². The number of aromatic nitrogens is 1. The summed E-state index contributed by atoms with van der Waals surface area (Å²) in [7, 11) is 0. The predicted octanol–water partition coefficient (Wildman–Crippen LogP) is 3.41. The highest BCUT2D eigenvalue weighted by Crippen LogP contribution is 2.26. The summed E-state index contributed by atoms with van der Waals surface area (Å²) in [5.41, 5.74) is 2.39. The van der Waals surface area contributed by atoms with Gasteiger partial charge in [-0.05, 0) is 30.7 Å². The summed E-state index contributed by atoms with van der Waals surface area (Å²) in [4.78, 5) is 14.9. The maximum absolute atomic E-state index is 10.8. The molecule has 0 unspecified atom stereocenters. The molecule has 17 heavy (non-hydrogen) atoms. The SMILES string of the molecule is Cc1c(Cl)cccc1-c1cccc(C(=O)O)n1. The molecule has 0 saturated carbocycles. The number of halogens is 1. The molecular formula is C13H10ClNO2. The summed E-state index contributed by atoms with van der Waals surface area (Å²) in [6, 6.07) is 10.4. The van der Waals surface area contributed by atoms with Gasteiger partial charge in [-0.25, -0.2) is 9.78 Å². The van der Waals surface area contributed by atoms with E-state index >= 15 is 0 Å². The molecule has 2 rings (SSSR count). The van der Waals surface area contributed by atoms with Crippen molar-refractivity contribution < 1.29 is 9.90 Å². The summed E-state index contributed by atoms with van der Waals surface area (Å²) in [5.74, 6) is -1.04. The van der Waals surface area contributed by atoms with E-state index in [-0.39, 0.29) is 5.69 Å². The Labute approximate surface area is 104 Å². The van der Waals surface area contributed by atoms with Crippen LogP contribution in [0.15, 0.2) is 36.4 Å². The molecule has 2 aromatic rings. The third kappa shape index (κ3) is 2.29. The largest absolute Gasteiger partial charge is 0.477 e. The average molecular weight is 248 g/mol. The standard InChI is InChI=1S/C13H10ClNO2/c1-8-9(4-2-5-10(8)14)11-6-3-7-12(15-11)13(16)17/h2-7H,1H3,(H,16,17). The second-order valence-corrected chi connectivity index (χ2v) is 4.03. The molecule has 0 amide bonds. The summed E-state index contributed by atoms with van der Waals surface area (Å²) in [6.45, 7) is 1.88. The van der Waals surface area contributed by atoms with Crippen LogP contribution in [0.3, 0.4) is 0 Å². The van der Waals surface area contributed by atoms with Gasteiger partial charge < -0.3 is 5.11 Å². The fourth-order valence-corrected chi connectivity index (χ4v) is 1.76. The first-order chi connectivity index (χ1) is 8.09. The molecule has 0 aliphatic carbocycles. The van der Waals surface area contributed by atoms with E-state index in [2.05, 4.69) is 4.98 Å². The van der Waals surface area contributed by atoms with E-state index in [0.29, 0.717) is 10.7 Å². The highest BCUT2D eigenvalue weighted by molar-refractivity contribution is 6.31. The van der Waals surface area contributed by atoms with E-state index in [0.717, 1.165) is 11.1 Å². The monoisotopic (exact) mass is 247 g/mol. The van der Waals surface area contributed by atoms with Gasteiger partial charge in [0.1, 0.15) is 5.69 Å². The summed E-state index contributed by atoms with van der Waals surface area (Å²) >= 11 is 6.02. The van der Waals surface area contributed by atoms with Crippen molar-refractivity contribution in [1.29, 1.82) is 0 Å². The van der Waals surface area contributed by atoms with E-state index in [1.54, 1.807) is 18.2 Å². The van der Waals surface area contributed by atoms with E-state index in [1.807, 2.05) is 19.1 Å². The highest BCUT2D eigenvalue weighted by atomic mass is 35.5. The first kappa shape index (κ1) is 11.6. The smallest absolute Gasteiger partial charge is 0.354 e. The number of benzene rings is 1. The van der Waals surface area contributed by atoms with Crippen LogP contribution < -0.4 is 0 Å². The van der Waals surface area contributed by atoms with Gasteiger partial charge in [0.05, 0.1) is 5.69 Å². The number of aromatic carboxylic acids is 1. The lowest BCUT2D eigenvalue weighted by Gasteiger charge is -2.07. The van der Waals surface area contributed by atoms with E-state index in [1.165, 1.54) is 6.07 Å². The molecule has 0 atom stereocenters. The lowest BCUT2D eigenvalue weighted by Crippen LogP contribution is -2.01. The normalized spacial score (nSPS) is 10.2. The predicted molar refractivity (Wildman–Crippen MR) is 66.4 cm³/mol. The van der Waals surface area contributed by atoms with E-state index in [9.17, 15) is 4.79 Å². The van der Waals surface area contributed by atoms with Crippen LogP contribution in [0.5, 0.6) is 0 Å². The Kier molecular flexibility index (Phi) is 3.11. The Hall–Kier alpha value is -1.87. The summed E-state index contributed by atoms with van der Waals surface area (Å²) < 4.78 is 0. The Morgan fingerprint density at radius 2 is 1.94 bits per heavy atom. The van der Waals surface area contributed by atoms with Crippen LogP contribution in [0.25, 0.3) is 11.3 Å². The first-order valence-corrected chi connectivity index (χ1v) is 5.43. The first-order valence-electron chi connectivity index (χ1n) is 5.05. The summed E-state index contributed by atoms with van der Waals surface area (Å²) in [5, 5.41) is 9.54. The van der Waals surface area contributed by atoms with E-state index < -0.39 is 5.97 Å². The number of carboxylic acids is 1. The molecule has 0 aliphatic rings. The third-order valence-electron chi connectivity index (χ3n) is 2.51. The molecule has 4 heteroatoms. The molecule has 0 bridgehead atoms. The molecule has 0 aliphatic heterocycles. The number of hydrogen-bond acceptors (Lipinski definition) is 2. The minimum Gasteiger partial charge on any atom is -0.477 e. The molecule has 0 saturated heterocycles. The third-order valence-corrected chi connectivity index (χ3v) is 2.92. The van der Waals surface area contributed by atoms with E-state index in [4.69, 9.17) is 16.7 Å². The van der Waals surface area contributed by atoms with Gasteiger partial charge in [0.15, 0.2) is 0 Å². The van der Waals surface area contributed by atoms with Gasteiger partial charge in [-0.2, -0.15) is 0 Å². The van der Waals surface area contributed by atoms with Crippen LogP contribution >= 0.6 is 11.6 Å². The molecule has 86 valence electrons. The van der Waals surface area contributed by atoms with Gasteiger partial charge in [0.25, 0.3) is 0 Å². The minimum atomic E-state index is -1.04. The molecule has 0 radical (unpaired) electrons. The molecule has 1 aromatic heterocycles. The van der Waals surface area contributed by atoms with Crippen LogP contribution in [0.4, 0.5) is 0 Å². The molecule has 0 spiro atoms. The number of hydrogen-bond donors (Lipinski definition) is 1. The quantitative estimate of drug-likeness (QED) is 0.885. The highest BCUT2D eigenvalue weighted by Gasteiger charge is 2.09. The molecule has 1 aromatic carbocycles. The maximum Gasteiger partial charge on any atom is 0.354 e. The molecule has 3 nitrogen and oxygen atoms in total. The van der Waals surface area contributed by atoms with Crippen LogP contribution in [0.2, 0.25) is 5.02 Å². The number of pyridine rings is 1. The van der Waals surface area contributed by atoms with Crippen molar-refractivity contribution in [3.05, 3.63) is 52.7 Å². The van der Waals surface area contributed by atoms with Crippen molar-refractivity contribution in [3.63, 3.8) is 0 Å². The zero-order valence-corrected chi connectivity index (χ0v) is 9.90. The van der Waals surface area contributed by atoms with Gasteiger partial charge in [0.2, 0.25) is 0 Å². The molecule has 1 N–H and O–H groups in total. The van der Waals surface area contributed by atoms with Crippen LogP contribution in [0, 0.1) is 6.92 Å². The van der Waals surface area contributed by atoms with Crippen LogP contribution in [-0.2, 0) is 0 Å². The van der Waals surface area contributed by atoms with Crippen molar-refractivity contribution in [2.75, 3.05) is 0 Å². The summed E-state index contributed by atoms with van der Waals surface area (Å²) in [6.07, 6.45) is 0. The fraction of sp³-hybridized carbons (Fsp3) is 0.0769. The van der Waals surface area contributed by atoms with Gasteiger partial charge in [-0.3, -0.25) is 0 Å². The van der Waals surface area contributed by atoms with Gasteiger partial charge in [-0.1, -0.05) is 29.8 Å². The topological polar surface area (TPSA) is 50.2 Å². The molecule has 1 heterocycles. The van der Waals surface area contributed by atoms with Crippen molar-refractivity contribution >= 4 is 17.6 Å². The van der Waals surface area contributed by atoms with Gasteiger partial charge in [0, 0.05) is 10.6 Å². The van der Waals surface area contributed by atoms with Crippen molar-refractivity contribution in [2.24, 2.45) is 0 Å². The second kappa shape index (κ2) is 4.55. The Bertz CT molecular complexity index is 581. The lowest BCUT2D eigenvalue weighted by atomic mass is 10.1. The number of nitrogens with zero attached hydrogens (tertiary/aromatic N) is 1. The Balaban J connectivity index is 2.57. The Morgan fingerprint density at radius 1 is 1.24 bits per heavy atom. The van der Waals surface area contributed by atoms with Gasteiger partial charge >= 0.3 is 5.97 Å². The lowest BCUT2D eigenvalue weighted by molar-refractivity contribution is 0.0690. The molecule has 0 fully saturated rings. The average Bonchev–Trinajstić information content (AvgIpc) is 2.33.